The van der Waals surface area contributed by atoms with Crippen LogP contribution < -0.4 is 0 Å². The summed E-state index contributed by atoms with van der Waals surface area (Å²) in [7, 11) is 0. The number of rotatable bonds is 2. The Morgan fingerprint density at radius 3 is 2.31 bits per heavy atom. The first-order valence-corrected chi connectivity index (χ1v) is 8.33. The van der Waals surface area contributed by atoms with Crippen molar-refractivity contribution in [3.8, 4) is 0 Å². The van der Waals surface area contributed by atoms with E-state index in [0.29, 0.717) is 6.20 Å². The highest BCUT2D eigenvalue weighted by Crippen LogP contribution is 2.44. The van der Waals surface area contributed by atoms with Crippen LogP contribution in [-0.4, -0.2) is 55.6 Å². The second kappa shape index (κ2) is 6.23. The SMILES string of the molecule is CC1(C)O[C@@H]2[C@H](O1)[C@@H](CO)O[C@H]2n1ncc2c(C(F)(F)F)nc(C(F)(F)F)nc21. The van der Waals surface area contributed by atoms with Crippen LogP contribution in [-0.2, 0) is 26.6 Å². The lowest BCUT2D eigenvalue weighted by molar-refractivity contribution is -0.201. The molecule has 4 heterocycles. The van der Waals surface area contributed by atoms with Gasteiger partial charge in [-0.25, -0.2) is 14.6 Å². The van der Waals surface area contributed by atoms with Crippen molar-refractivity contribution in [1.29, 1.82) is 0 Å². The van der Waals surface area contributed by atoms with Crippen LogP contribution in [0.15, 0.2) is 6.20 Å². The van der Waals surface area contributed by atoms with E-state index in [0.717, 1.165) is 4.68 Å². The number of aliphatic hydroxyl groups is 1. The Kier molecular flexibility index (Phi) is 4.35. The number of halogens is 6. The van der Waals surface area contributed by atoms with Crippen molar-refractivity contribution in [2.75, 3.05) is 6.61 Å². The Balaban J connectivity index is 1.87. The van der Waals surface area contributed by atoms with Crippen LogP contribution in [0.5, 0.6) is 0 Å². The number of fused-ring (bicyclic) bond motifs is 2. The van der Waals surface area contributed by atoms with Gasteiger partial charge in [-0.3, -0.25) is 0 Å². The van der Waals surface area contributed by atoms with Crippen LogP contribution >= 0.6 is 0 Å². The first-order valence-electron chi connectivity index (χ1n) is 8.33. The minimum absolute atomic E-state index is 0.507. The van der Waals surface area contributed by atoms with Gasteiger partial charge in [-0.2, -0.15) is 31.4 Å². The highest BCUT2D eigenvalue weighted by Gasteiger charge is 2.56. The van der Waals surface area contributed by atoms with Crippen molar-refractivity contribution in [3.63, 3.8) is 0 Å². The standard InChI is InChI=1S/C15H14F6N4O4/c1-13(2)28-7-6(4-26)27-11(8(7)29-13)25-10-5(3-22-25)9(14(16,17)18)23-12(24-10)15(19,20)21/h3,6-8,11,26H,4H2,1-2H3/t6-,7-,8-,11-/m1/s1. The van der Waals surface area contributed by atoms with Gasteiger partial charge in [-0.15, -0.1) is 0 Å². The molecule has 160 valence electrons. The van der Waals surface area contributed by atoms with Crippen molar-refractivity contribution in [1.82, 2.24) is 19.7 Å². The summed E-state index contributed by atoms with van der Waals surface area (Å²) >= 11 is 0. The Bertz CT molecular complexity index is 943. The number of hydrogen-bond donors (Lipinski definition) is 1. The molecule has 4 atom stereocenters. The van der Waals surface area contributed by atoms with Crippen molar-refractivity contribution in [3.05, 3.63) is 17.7 Å². The molecule has 0 radical (unpaired) electrons. The molecule has 2 aromatic heterocycles. The number of aromatic nitrogens is 4. The Labute approximate surface area is 158 Å². The maximum atomic E-state index is 13.3. The summed E-state index contributed by atoms with van der Waals surface area (Å²) in [4.78, 5) is 5.90. The molecule has 0 saturated carbocycles. The van der Waals surface area contributed by atoms with E-state index < -0.39 is 71.8 Å². The monoisotopic (exact) mass is 428 g/mol. The fourth-order valence-electron chi connectivity index (χ4n) is 3.46. The molecule has 2 aromatic rings. The highest BCUT2D eigenvalue weighted by atomic mass is 19.4. The first kappa shape index (κ1) is 20.3. The quantitative estimate of drug-likeness (QED) is 0.734. The topological polar surface area (TPSA) is 91.5 Å². The minimum Gasteiger partial charge on any atom is -0.394 e. The molecule has 0 aliphatic carbocycles. The summed E-state index contributed by atoms with van der Waals surface area (Å²) < 4.78 is 96.8. The van der Waals surface area contributed by atoms with Gasteiger partial charge in [-0.1, -0.05) is 0 Å². The Morgan fingerprint density at radius 2 is 1.72 bits per heavy atom. The number of nitrogens with zero attached hydrogens (tertiary/aromatic N) is 4. The predicted molar refractivity (Wildman–Crippen MR) is 80.1 cm³/mol. The number of alkyl halides is 6. The van der Waals surface area contributed by atoms with Crippen LogP contribution in [0, 0.1) is 0 Å². The van der Waals surface area contributed by atoms with E-state index in [4.69, 9.17) is 14.2 Å². The molecule has 0 spiro atoms. The number of ether oxygens (including phenoxy) is 3. The molecule has 14 heteroatoms. The van der Waals surface area contributed by atoms with Gasteiger partial charge in [0, 0.05) is 0 Å². The summed E-state index contributed by atoms with van der Waals surface area (Å²) in [6.07, 6.45) is -13.6. The summed E-state index contributed by atoms with van der Waals surface area (Å²) in [5.74, 6) is -3.06. The summed E-state index contributed by atoms with van der Waals surface area (Å²) in [5, 5.41) is 12.5. The maximum absolute atomic E-state index is 13.3. The number of hydrogen-bond acceptors (Lipinski definition) is 7. The zero-order valence-electron chi connectivity index (χ0n) is 14.8. The molecule has 0 bridgehead atoms. The lowest BCUT2D eigenvalue weighted by atomic mass is 10.1. The third-order valence-electron chi connectivity index (χ3n) is 4.52. The van der Waals surface area contributed by atoms with Crippen molar-refractivity contribution >= 4 is 11.0 Å². The molecule has 4 rings (SSSR count). The van der Waals surface area contributed by atoms with E-state index in [1.807, 2.05) is 0 Å². The van der Waals surface area contributed by atoms with Crippen molar-refractivity contribution in [2.24, 2.45) is 0 Å². The molecule has 0 aromatic carbocycles. The molecule has 2 aliphatic heterocycles. The van der Waals surface area contributed by atoms with Crippen LogP contribution in [0.3, 0.4) is 0 Å². The van der Waals surface area contributed by atoms with Gasteiger partial charge in [0.1, 0.15) is 18.3 Å². The van der Waals surface area contributed by atoms with Crippen molar-refractivity contribution in [2.45, 2.75) is 56.5 Å². The van der Waals surface area contributed by atoms with E-state index in [-0.39, 0.29) is 0 Å². The van der Waals surface area contributed by atoms with Gasteiger partial charge in [0.25, 0.3) is 0 Å². The maximum Gasteiger partial charge on any atom is 0.451 e. The summed E-state index contributed by atoms with van der Waals surface area (Å²) in [6, 6.07) is 0. The van der Waals surface area contributed by atoms with Gasteiger partial charge < -0.3 is 19.3 Å². The molecule has 0 unspecified atom stereocenters. The minimum atomic E-state index is -5.22. The van der Waals surface area contributed by atoms with Crippen molar-refractivity contribution < 1.29 is 45.7 Å². The Morgan fingerprint density at radius 1 is 1.07 bits per heavy atom. The predicted octanol–water partition coefficient (Wildman–Crippen LogP) is 2.27. The second-order valence-electron chi connectivity index (χ2n) is 7.03. The van der Waals surface area contributed by atoms with Gasteiger partial charge in [0.05, 0.1) is 18.2 Å². The molecule has 29 heavy (non-hydrogen) atoms. The van der Waals surface area contributed by atoms with E-state index in [2.05, 4.69) is 15.1 Å². The second-order valence-corrected chi connectivity index (χ2v) is 7.03. The van der Waals surface area contributed by atoms with E-state index in [9.17, 15) is 31.4 Å². The average molecular weight is 428 g/mol. The van der Waals surface area contributed by atoms with Crippen LogP contribution in [0.1, 0.15) is 31.6 Å². The molecule has 2 aliphatic rings. The Hall–Kier alpha value is -2.03. The summed E-state index contributed by atoms with van der Waals surface area (Å²) in [5.41, 5.74) is -2.49. The van der Waals surface area contributed by atoms with Gasteiger partial charge in [-0.05, 0) is 13.8 Å². The largest absolute Gasteiger partial charge is 0.451 e. The van der Waals surface area contributed by atoms with Gasteiger partial charge in [0.2, 0.25) is 5.82 Å². The average Bonchev–Trinajstić information content (AvgIpc) is 3.22. The molecule has 2 fully saturated rings. The fourth-order valence-corrected chi connectivity index (χ4v) is 3.46. The molecule has 8 nitrogen and oxygen atoms in total. The highest BCUT2D eigenvalue weighted by molar-refractivity contribution is 5.78. The fraction of sp³-hybridized carbons (Fsp3) is 0.667. The van der Waals surface area contributed by atoms with Crippen LogP contribution in [0.25, 0.3) is 11.0 Å². The zero-order chi connectivity index (χ0) is 21.4. The van der Waals surface area contributed by atoms with Gasteiger partial charge in [0.15, 0.2) is 23.4 Å². The van der Waals surface area contributed by atoms with Crippen LogP contribution in [0.2, 0.25) is 0 Å². The number of aliphatic hydroxyl groups excluding tert-OH is 1. The third-order valence-corrected chi connectivity index (χ3v) is 4.52. The van der Waals surface area contributed by atoms with E-state index >= 15 is 0 Å². The van der Waals surface area contributed by atoms with Crippen LogP contribution in [0.4, 0.5) is 26.3 Å². The molecular formula is C15H14F6N4O4. The lowest BCUT2D eigenvalue weighted by Crippen LogP contribution is -2.31. The molecule has 2 saturated heterocycles. The van der Waals surface area contributed by atoms with E-state index in [1.165, 1.54) is 0 Å². The third kappa shape index (κ3) is 3.33. The summed E-state index contributed by atoms with van der Waals surface area (Å²) in [6.45, 7) is 2.64. The molecule has 1 N–H and O–H groups in total. The van der Waals surface area contributed by atoms with E-state index in [1.54, 1.807) is 13.8 Å². The first-order chi connectivity index (χ1) is 13.3. The molecule has 0 amide bonds. The normalized spacial score (nSPS) is 29.6. The zero-order valence-corrected chi connectivity index (χ0v) is 14.8. The smallest absolute Gasteiger partial charge is 0.394 e. The van der Waals surface area contributed by atoms with Gasteiger partial charge >= 0.3 is 12.4 Å². The lowest BCUT2D eigenvalue weighted by Gasteiger charge is -2.23. The molecular weight excluding hydrogens is 414 g/mol.